The highest BCUT2D eigenvalue weighted by atomic mass is 16.2. The Labute approximate surface area is 167 Å². The summed E-state index contributed by atoms with van der Waals surface area (Å²) in [5.41, 5.74) is 2.95. The van der Waals surface area contributed by atoms with E-state index in [2.05, 4.69) is 15.1 Å². The third-order valence-electron chi connectivity index (χ3n) is 4.63. The lowest BCUT2D eigenvalue weighted by molar-refractivity contribution is 0.0819. The third-order valence-corrected chi connectivity index (χ3v) is 4.63. The van der Waals surface area contributed by atoms with Crippen LogP contribution < -0.4 is 0 Å². The van der Waals surface area contributed by atoms with Crippen molar-refractivity contribution in [1.82, 2.24) is 29.0 Å². The highest BCUT2D eigenvalue weighted by Crippen LogP contribution is 2.19. The molecule has 1 aromatic carbocycles. The van der Waals surface area contributed by atoms with Gasteiger partial charge in [-0.1, -0.05) is 30.3 Å². The van der Waals surface area contributed by atoms with E-state index in [1.807, 2.05) is 47.1 Å². The zero-order chi connectivity index (χ0) is 20.5. The van der Waals surface area contributed by atoms with Crippen LogP contribution in [0.3, 0.4) is 0 Å². The monoisotopic (exact) mass is 388 g/mol. The second-order valence-corrected chi connectivity index (χ2v) is 6.95. The number of hydrogen-bond acceptors (Lipinski definition) is 5. The molecule has 0 saturated heterocycles. The molecular weight excluding hydrogens is 368 g/mol. The molecule has 29 heavy (non-hydrogen) atoms. The van der Waals surface area contributed by atoms with Gasteiger partial charge in [-0.2, -0.15) is 5.10 Å². The van der Waals surface area contributed by atoms with Gasteiger partial charge in [-0.3, -0.25) is 18.7 Å². The maximum atomic E-state index is 12.9. The van der Waals surface area contributed by atoms with Gasteiger partial charge in [0.2, 0.25) is 5.78 Å². The predicted octanol–water partition coefficient (Wildman–Crippen LogP) is 2.26. The smallest absolute Gasteiger partial charge is 0.257 e. The molecule has 0 aliphatic rings. The summed E-state index contributed by atoms with van der Waals surface area (Å²) in [4.78, 5) is 35.8. The Bertz CT molecular complexity index is 1210. The van der Waals surface area contributed by atoms with Crippen LogP contribution in [0.2, 0.25) is 0 Å². The lowest BCUT2D eigenvalue weighted by Gasteiger charge is -2.10. The van der Waals surface area contributed by atoms with Crippen LogP contribution in [0.5, 0.6) is 0 Å². The fourth-order valence-electron chi connectivity index (χ4n) is 3.17. The molecule has 3 heterocycles. The number of carbonyl (C=O) groups excluding carboxylic acids is 2. The van der Waals surface area contributed by atoms with Crippen molar-refractivity contribution in [3.05, 3.63) is 71.9 Å². The average Bonchev–Trinajstić information content (AvgIpc) is 3.31. The Morgan fingerprint density at radius 3 is 2.55 bits per heavy atom. The molecule has 8 nitrogen and oxygen atoms in total. The summed E-state index contributed by atoms with van der Waals surface area (Å²) in [7, 11) is 4.93. The van der Waals surface area contributed by atoms with Gasteiger partial charge in [0.15, 0.2) is 5.78 Å². The van der Waals surface area contributed by atoms with Crippen molar-refractivity contribution in [3.8, 4) is 11.3 Å². The number of rotatable bonds is 5. The molecule has 0 aliphatic heterocycles. The summed E-state index contributed by atoms with van der Waals surface area (Å²) < 4.78 is 3.25. The molecule has 146 valence electrons. The number of aromatic nitrogens is 5. The van der Waals surface area contributed by atoms with E-state index < -0.39 is 0 Å². The normalized spacial score (nSPS) is 11.0. The Hall–Kier alpha value is -3.81. The maximum Gasteiger partial charge on any atom is 0.257 e. The van der Waals surface area contributed by atoms with Crippen molar-refractivity contribution in [1.29, 1.82) is 0 Å². The number of amides is 1. The predicted molar refractivity (Wildman–Crippen MR) is 108 cm³/mol. The first kappa shape index (κ1) is 18.5. The Morgan fingerprint density at radius 1 is 1.07 bits per heavy atom. The van der Waals surface area contributed by atoms with Crippen LogP contribution in [0.1, 0.15) is 26.5 Å². The molecule has 0 fully saturated rings. The van der Waals surface area contributed by atoms with Crippen LogP contribution in [0.25, 0.3) is 17.0 Å². The van der Waals surface area contributed by atoms with Crippen LogP contribution in [0.4, 0.5) is 0 Å². The zero-order valence-electron chi connectivity index (χ0n) is 16.4. The van der Waals surface area contributed by atoms with Gasteiger partial charge in [0.1, 0.15) is 5.69 Å². The van der Waals surface area contributed by atoms with Gasteiger partial charge in [0.05, 0.1) is 29.6 Å². The van der Waals surface area contributed by atoms with Gasteiger partial charge < -0.3 is 4.90 Å². The number of carbonyl (C=O) groups is 2. The van der Waals surface area contributed by atoms with Crippen LogP contribution in [0.15, 0.2) is 55.0 Å². The van der Waals surface area contributed by atoms with Crippen molar-refractivity contribution in [2.24, 2.45) is 7.05 Å². The topological polar surface area (TPSA) is 85.4 Å². The molecule has 0 bridgehead atoms. The first-order chi connectivity index (χ1) is 13.9. The number of nitrogens with zero attached hydrogens (tertiary/aromatic N) is 6. The summed E-state index contributed by atoms with van der Waals surface area (Å²) in [6.07, 6.45) is 5.21. The molecule has 0 N–H and O–H groups in total. The molecule has 0 spiro atoms. The molecule has 3 aromatic heterocycles. The average molecular weight is 388 g/mol. The highest BCUT2D eigenvalue weighted by Gasteiger charge is 2.23. The standard InChI is InChI=1S/C21H20N6O2/c1-25(2)20(29)16-12-22-26(3)19(16)18(28)11-15-9-10-27-13-17(24-21(27)23-15)14-7-5-4-6-8-14/h4-10,12-13H,11H2,1-3H3. The minimum absolute atomic E-state index is 0.0528. The van der Waals surface area contributed by atoms with E-state index >= 15 is 0 Å². The van der Waals surface area contributed by atoms with Crippen molar-refractivity contribution >= 4 is 17.5 Å². The van der Waals surface area contributed by atoms with Crippen LogP contribution in [-0.4, -0.2) is 54.8 Å². The minimum atomic E-state index is -0.259. The van der Waals surface area contributed by atoms with Gasteiger partial charge in [-0.25, -0.2) is 9.97 Å². The van der Waals surface area contributed by atoms with E-state index in [4.69, 9.17) is 0 Å². The van der Waals surface area contributed by atoms with Gasteiger partial charge >= 0.3 is 0 Å². The summed E-state index contributed by atoms with van der Waals surface area (Å²) >= 11 is 0. The van der Waals surface area contributed by atoms with E-state index in [-0.39, 0.29) is 29.4 Å². The number of Topliss-reactive ketones (excluding diaryl/α,β-unsaturated/α-hetero) is 1. The first-order valence-electron chi connectivity index (χ1n) is 9.11. The van der Waals surface area contributed by atoms with Gasteiger partial charge in [-0.05, 0) is 6.07 Å². The van der Waals surface area contributed by atoms with Gasteiger partial charge in [-0.15, -0.1) is 0 Å². The van der Waals surface area contributed by atoms with Crippen molar-refractivity contribution < 1.29 is 9.59 Å². The first-order valence-corrected chi connectivity index (χ1v) is 9.11. The zero-order valence-corrected chi connectivity index (χ0v) is 16.4. The SMILES string of the molecule is CN(C)C(=O)c1cnn(C)c1C(=O)Cc1ccn2cc(-c3ccccc3)nc2n1. The molecule has 0 unspecified atom stereocenters. The van der Waals surface area contributed by atoms with Crippen molar-refractivity contribution in [2.45, 2.75) is 6.42 Å². The molecule has 0 atom stereocenters. The molecular formula is C21H20N6O2. The quantitative estimate of drug-likeness (QED) is 0.490. The van der Waals surface area contributed by atoms with E-state index in [1.165, 1.54) is 15.8 Å². The van der Waals surface area contributed by atoms with E-state index in [9.17, 15) is 9.59 Å². The largest absolute Gasteiger partial charge is 0.345 e. The number of ketones is 1. The molecule has 4 aromatic rings. The van der Waals surface area contributed by atoms with E-state index in [0.29, 0.717) is 11.5 Å². The lowest BCUT2D eigenvalue weighted by atomic mass is 10.1. The number of imidazole rings is 1. The van der Waals surface area contributed by atoms with Crippen LogP contribution >= 0.6 is 0 Å². The Kier molecular flexibility index (Phi) is 4.67. The molecule has 4 rings (SSSR count). The van der Waals surface area contributed by atoms with Crippen molar-refractivity contribution in [3.63, 3.8) is 0 Å². The maximum absolute atomic E-state index is 12.9. The summed E-state index contributed by atoms with van der Waals surface area (Å²) in [5.74, 6) is 0.0382. The van der Waals surface area contributed by atoms with E-state index in [0.717, 1.165) is 11.3 Å². The number of benzene rings is 1. The molecule has 8 heteroatoms. The number of hydrogen-bond donors (Lipinski definition) is 0. The summed E-state index contributed by atoms with van der Waals surface area (Å²) in [5, 5.41) is 4.08. The van der Waals surface area contributed by atoms with Gasteiger partial charge in [0, 0.05) is 39.1 Å². The Morgan fingerprint density at radius 2 is 1.83 bits per heavy atom. The number of aryl methyl sites for hydroxylation is 1. The number of fused-ring (bicyclic) bond motifs is 1. The minimum Gasteiger partial charge on any atom is -0.345 e. The van der Waals surface area contributed by atoms with E-state index in [1.54, 1.807) is 27.2 Å². The third kappa shape index (κ3) is 3.52. The Balaban J connectivity index is 1.63. The van der Waals surface area contributed by atoms with Gasteiger partial charge in [0.25, 0.3) is 5.91 Å². The second kappa shape index (κ2) is 7.31. The molecule has 0 radical (unpaired) electrons. The van der Waals surface area contributed by atoms with Crippen LogP contribution in [-0.2, 0) is 13.5 Å². The van der Waals surface area contributed by atoms with Crippen molar-refractivity contribution in [2.75, 3.05) is 14.1 Å². The fraction of sp³-hybridized carbons (Fsp3) is 0.190. The molecule has 0 saturated carbocycles. The van der Waals surface area contributed by atoms with Crippen LogP contribution in [0, 0.1) is 0 Å². The summed E-state index contributed by atoms with van der Waals surface area (Å²) in [6, 6.07) is 11.6. The second-order valence-electron chi connectivity index (χ2n) is 6.95. The molecule has 1 amide bonds. The highest BCUT2D eigenvalue weighted by molar-refractivity contribution is 6.07. The summed E-state index contributed by atoms with van der Waals surface area (Å²) in [6.45, 7) is 0. The molecule has 0 aliphatic carbocycles. The fourth-order valence-corrected chi connectivity index (χ4v) is 3.17. The lowest BCUT2D eigenvalue weighted by Crippen LogP contribution is -2.24.